The van der Waals surface area contributed by atoms with Crippen molar-refractivity contribution in [3.63, 3.8) is 0 Å². The van der Waals surface area contributed by atoms with Crippen LogP contribution in [-0.4, -0.2) is 18.2 Å². The Morgan fingerprint density at radius 3 is 2.60 bits per heavy atom. The number of unbranched alkanes of at least 4 members (excludes halogenated alkanes) is 3. The van der Waals surface area contributed by atoms with Crippen LogP contribution in [-0.2, 0) is 4.79 Å². The molecule has 0 atom stereocenters. The zero-order valence-electron chi connectivity index (χ0n) is 11.3. The van der Waals surface area contributed by atoms with Crippen LogP contribution in [0.5, 0.6) is 0 Å². The summed E-state index contributed by atoms with van der Waals surface area (Å²) < 4.78 is 24.8. The van der Waals surface area contributed by atoms with Crippen LogP contribution in [0.15, 0.2) is 29.2 Å². The summed E-state index contributed by atoms with van der Waals surface area (Å²) in [5.74, 6) is -2.63. The van der Waals surface area contributed by atoms with Gasteiger partial charge in [0.15, 0.2) is 0 Å². The molecule has 1 amide bonds. The van der Waals surface area contributed by atoms with E-state index in [4.69, 9.17) is 5.73 Å². The van der Waals surface area contributed by atoms with Gasteiger partial charge >= 0.3 is 0 Å². The molecule has 0 aliphatic heterocycles. The monoisotopic (exact) mass is 302 g/mol. The lowest BCUT2D eigenvalue weighted by Gasteiger charge is -2.10. The first-order valence-corrected chi connectivity index (χ1v) is 7.55. The fraction of sp³-hybridized carbons (Fsp3) is 0.500. The van der Waals surface area contributed by atoms with Gasteiger partial charge in [-0.1, -0.05) is 36.7 Å². The van der Waals surface area contributed by atoms with Crippen LogP contribution in [0.25, 0.3) is 0 Å². The van der Waals surface area contributed by atoms with Gasteiger partial charge in [-0.25, -0.2) is 0 Å². The number of carbonyl (C=O) groups excluding carboxylic acids is 1. The fourth-order valence-electron chi connectivity index (χ4n) is 1.76. The molecule has 0 aliphatic carbocycles. The Morgan fingerprint density at radius 1 is 1.20 bits per heavy atom. The Hall–Kier alpha value is -1.14. The highest BCUT2D eigenvalue weighted by Crippen LogP contribution is 2.31. The van der Waals surface area contributed by atoms with E-state index in [9.17, 15) is 13.6 Å². The molecule has 0 saturated carbocycles. The van der Waals surface area contributed by atoms with Crippen molar-refractivity contribution in [2.75, 3.05) is 11.9 Å². The van der Waals surface area contributed by atoms with Gasteiger partial charge in [0.2, 0.25) is 5.91 Å². The maximum atomic E-state index is 12.4. The smallest absolute Gasteiger partial charge is 0.288 e. The number of amides is 1. The van der Waals surface area contributed by atoms with Gasteiger partial charge in [-0.3, -0.25) is 4.79 Å². The highest BCUT2D eigenvalue weighted by molar-refractivity contribution is 7.99. The molecule has 0 fully saturated rings. The number of hydrogen-bond acceptors (Lipinski definition) is 3. The number of halogens is 2. The van der Waals surface area contributed by atoms with Crippen LogP contribution in [0.3, 0.4) is 0 Å². The number of alkyl halides is 2. The van der Waals surface area contributed by atoms with Crippen molar-refractivity contribution in [1.29, 1.82) is 0 Å². The second-order valence-electron chi connectivity index (χ2n) is 4.38. The molecule has 0 saturated heterocycles. The van der Waals surface area contributed by atoms with Crippen molar-refractivity contribution in [2.24, 2.45) is 5.73 Å². The molecular formula is C14H20F2N2OS. The topological polar surface area (TPSA) is 55.1 Å². The van der Waals surface area contributed by atoms with Gasteiger partial charge in [-0.15, -0.1) is 0 Å². The zero-order valence-corrected chi connectivity index (χ0v) is 12.1. The quantitative estimate of drug-likeness (QED) is 0.538. The Labute approximate surface area is 122 Å². The van der Waals surface area contributed by atoms with Crippen molar-refractivity contribution in [2.45, 2.75) is 42.8 Å². The second kappa shape index (κ2) is 9.72. The predicted octanol–water partition coefficient (Wildman–Crippen LogP) is 3.85. The summed E-state index contributed by atoms with van der Waals surface area (Å²) in [6.07, 6.45) is 4.13. The molecule has 0 unspecified atom stereocenters. The van der Waals surface area contributed by atoms with Gasteiger partial charge in [0.25, 0.3) is 5.76 Å². The Bertz CT molecular complexity index is 416. The summed E-state index contributed by atoms with van der Waals surface area (Å²) >= 11 is 0.440. The number of rotatable bonds is 9. The Morgan fingerprint density at radius 2 is 1.90 bits per heavy atom. The minimum absolute atomic E-state index is 0.139. The van der Waals surface area contributed by atoms with Gasteiger partial charge in [-0.2, -0.15) is 8.78 Å². The van der Waals surface area contributed by atoms with Gasteiger partial charge in [-0.05, 0) is 31.5 Å². The van der Waals surface area contributed by atoms with Crippen LogP contribution in [0.1, 0.15) is 32.1 Å². The van der Waals surface area contributed by atoms with Crippen molar-refractivity contribution < 1.29 is 13.6 Å². The molecule has 0 bridgehead atoms. The van der Waals surface area contributed by atoms with E-state index in [0.29, 0.717) is 35.3 Å². The molecule has 3 N–H and O–H groups in total. The van der Waals surface area contributed by atoms with E-state index in [0.717, 1.165) is 25.7 Å². The lowest BCUT2D eigenvalue weighted by molar-refractivity contribution is -0.116. The number of nitrogens with two attached hydrogens (primary N) is 1. The third-order valence-corrected chi connectivity index (χ3v) is 3.52. The number of benzene rings is 1. The first kappa shape index (κ1) is 16.9. The zero-order chi connectivity index (χ0) is 14.8. The molecule has 1 rings (SSSR count). The first-order valence-electron chi connectivity index (χ1n) is 6.67. The second-order valence-corrected chi connectivity index (χ2v) is 5.41. The molecule has 0 spiro atoms. The van der Waals surface area contributed by atoms with E-state index in [1.54, 1.807) is 24.3 Å². The molecule has 0 aromatic heterocycles. The predicted molar refractivity (Wildman–Crippen MR) is 79.1 cm³/mol. The Kier molecular flexibility index (Phi) is 8.22. The largest absolute Gasteiger partial charge is 0.330 e. The molecule has 1 aromatic rings. The molecule has 0 radical (unpaired) electrons. The number of thioether (sulfide) groups is 1. The van der Waals surface area contributed by atoms with Crippen LogP contribution in [0.4, 0.5) is 14.5 Å². The number of para-hydroxylation sites is 1. The number of nitrogens with one attached hydrogen (secondary N) is 1. The Balaban J connectivity index is 2.41. The number of anilines is 1. The summed E-state index contributed by atoms with van der Waals surface area (Å²) in [5, 5.41) is 2.69. The fourth-order valence-corrected chi connectivity index (χ4v) is 2.36. The van der Waals surface area contributed by atoms with Crippen molar-refractivity contribution in [1.82, 2.24) is 0 Å². The van der Waals surface area contributed by atoms with Crippen LogP contribution in [0.2, 0.25) is 0 Å². The molecule has 112 valence electrons. The van der Waals surface area contributed by atoms with Gasteiger partial charge in [0.1, 0.15) is 0 Å². The molecule has 1 aromatic carbocycles. The highest BCUT2D eigenvalue weighted by atomic mass is 32.2. The van der Waals surface area contributed by atoms with E-state index in [1.165, 1.54) is 0 Å². The maximum Gasteiger partial charge on any atom is 0.288 e. The van der Waals surface area contributed by atoms with E-state index in [2.05, 4.69) is 5.32 Å². The molecule has 0 heterocycles. The third-order valence-electron chi connectivity index (χ3n) is 2.74. The minimum Gasteiger partial charge on any atom is -0.330 e. The lowest BCUT2D eigenvalue weighted by Crippen LogP contribution is -2.12. The summed E-state index contributed by atoms with van der Waals surface area (Å²) in [6, 6.07) is 6.60. The number of carbonyl (C=O) groups is 1. The van der Waals surface area contributed by atoms with Crippen molar-refractivity contribution >= 4 is 23.4 Å². The van der Waals surface area contributed by atoms with Crippen molar-refractivity contribution in [3.05, 3.63) is 24.3 Å². The highest BCUT2D eigenvalue weighted by Gasteiger charge is 2.11. The first-order chi connectivity index (χ1) is 9.63. The van der Waals surface area contributed by atoms with Crippen molar-refractivity contribution in [3.8, 4) is 0 Å². The van der Waals surface area contributed by atoms with Crippen LogP contribution < -0.4 is 11.1 Å². The summed E-state index contributed by atoms with van der Waals surface area (Å²) in [7, 11) is 0. The van der Waals surface area contributed by atoms with E-state index in [1.807, 2.05) is 0 Å². The van der Waals surface area contributed by atoms with Gasteiger partial charge in [0.05, 0.1) is 5.69 Å². The van der Waals surface area contributed by atoms with Gasteiger partial charge in [0, 0.05) is 11.3 Å². The van der Waals surface area contributed by atoms with E-state index >= 15 is 0 Å². The SMILES string of the molecule is NCCCCCCC(=O)Nc1ccccc1SC(F)F. The average molecular weight is 302 g/mol. The maximum absolute atomic E-state index is 12.4. The third kappa shape index (κ3) is 6.86. The standard InChI is InChI=1S/C14H20F2N2OS/c15-14(16)20-12-8-5-4-7-11(12)18-13(19)9-3-1-2-6-10-17/h4-5,7-8,14H,1-3,6,9-10,17H2,(H,18,19). The normalized spacial score (nSPS) is 10.8. The summed E-state index contributed by atoms with van der Waals surface area (Å²) in [6.45, 7) is 0.671. The minimum atomic E-state index is -2.50. The van der Waals surface area contributed by atoms with E-state index in [-0.39, 0.29) is 5.91 Å². The summed E-state index contributed by atoms with van der Waals surface area (Å²) in [5.41, 5.74) is 5.84. The van der Waals surface area contributed by atoms with Gasteiger partial charge < -0.3 is 11.1 Å². The molecule has 0 aliphatic rings. The van der Waals surface area contributed by atoms with Crippen LogP contribution in [0, 0.1) is 0 Å². The van der Waals surface area contributed by atoms with E-state index < -0.39 is 5.76 Å². The number of hydrogen-bond donors (Lipinski definition) is 2. The lowest BCUT2D eigenvalue weighted by atomic mass is 10.1. The summed E-state index contributed by atoms with van der Waals surface area (Å²) in [4.78, 5) is 12.1. The molecule has 6 heteroatoms. The molecule has 20 heavy (non-hydrogen) atoms. The average Bonchev–Trinajstić information content (AvgIpc) is 2.40. The molecular weight excluding hydrogens is 282 g/mol. The molecule has 3 nitrogen and oxygen atoms in total. The van der Waals surface area contributed by atoms with Crippen LogP contribution >= 0.6 is 11.8 Å².